The molecule has 0 saturated carbocycles. The van der Waals surface area contributed by atoms with Crippen LogP contribution in [0, 0.1) is 11.4 Å². The number of benzene rings is 2. The average molecular weight is 347 g/mol. The van der Waals surface area contributed by atoms with Crippen molar-refractivity contribution >= 4 is 34.8 Å². The Bertz CT molecular complexity index is 930. The number of halogens is 1. The van der Waals surface area contributed by atoms with Crippen molar-refractivity contribution in [3.8, 4) is 22.6 Å². The zero-order chi connectivity index (χ0) is 16.6. The lowest BCUT2D eigenvalue weighted by molar-refractivity contribution is 0.352. The highest BCUT2D eigenvalue weighted by atomic mass is 35.5. The molecule has 0 bridgehead atoms. The Kier molecular flexibility index (Phi) is 4.28. The second-order valence-electron chi connectivity index (χ2n) is 5.05. The van der Waals surface area contributed by atoms with Crippen LogP contribution in [0.15, 0.2) is 40.8 Å². The second-order valence-corrected chi connectivity index (χ2v) is 5.89. The van der Waals surface area contributed by atoms with E-state index in [-0.39, 0.29) is 0 Å². The van der Waals surface area contributed by atoms with Crippen LogP contribution < -0.4 is 9.47 Å². The Labute approximate surface area is 144 Å². The zero-order valence-corrected chi connectivity index (χ0v) is 14.5. The molecule has 0 amide bonds. The molecule has 1 aromatic heterocycles. The van der Waals surface area contributed by atoms with Crippen molar-refractivity contribution in [3.05, 3.63) is 51.7 Å². The van der Waals surface area contributed by atoms with Crippen molar-refractivity contribution < 1.29 is 13.9 Å². The minimum atomic E-state index is 0.543. The molecule has 118 valence electrons. The molecule has 0 N–H and O–H groups in total. The molecule has 1 heterocycles. The third-order valence-electron chi connectivity index (χ3n) is 3.71. The minimum absolute atomic E-state index is 0.543. The topological polar surface area (TPSA) is 31.6 Å². The van der Waals surface area contributed by atoms with Crippen LogP contribution in [0.25, 0.3) is 22.1 Å². The summed E-state index contributed by atoms with van der Waals surface area (Å²) in [6.45, 7) is 1.89. The Hall–Kier alpha value is -2.04. The molecule has 0 radical (unpaired) electrons. The van der Waals surface area contributed by atoms with Gasteiger partial charge in [0.25, 0.3) is 0 Å². The lowest BCUT2D eigenvalue weighted by Gasteiger charge is -2.13. The number of aryl methyl sites for hydroxylation is 1. The highest BCUT2D eigenvalue weighted by molar-refractivity contribution is 7.71. The molecular weight excluding hydrogens is 332 g/mol. The van der Waals surface area contributed by atoms with Crippen molar-refractivity contribution in [3.63, 3.8) is 0 Å². The van der Waals surface area contributed by atoms with E-state index in [0.29, 0.717) is 26.6 Å². The lowest BCUT2D eigenvalue weighted by atomic mass is 10.0. The van der Waals surface area contributed by atoms with Crippen molar-refractivity contribution in [1.82, 2.24) is 0 Å². The van der Waals surface area contributed by atoms with E-state index in [2.05, 4.69) is 0 Å². The second kappa shape index (κ2) is 6.22. The summed E-state index contributed by atoms with van der Waals surface area (Å²) in [6.07, 6.45) is 0. The third-order valence-corrected chi connectivity index (χ3v) is 4.39. The summed E-state index contributed by atoms with van der Waals surface area (Å²) in [5.74, 6) is 1.87. The van der Waals surface area contributed by atoms with Gasteiger partial charge in [0, 0.05) is 16.0 Å². The molecule has 3 aromatic rings. The Morgan fingerprint density at radius 1 is 1.00 bits per heavy atom. The molecule has 23 heavy (non-hydrogen) atoms. The number of ether oxygens (including phenoxy) is 2. The molecule has 0 aliphatic carbocycles. The van der Waals surface area contributed by atoms with Gasteiger partial charge in [-0.2, -0.15) is 0 Å². The van der Waals surface area contributed by atoms with Crippen LogP contribution in [0.3, 0.4) is 0 Å². The summed E-state index contributed by atoms with van der Waals surface area (Å²) in [5.41, 5.74) is 2.45. The van der Waals surface area contributed by atoms with E-state index < -0.39 is 0 Å². The van der Waals surface area contributed by atoms with Crippen LogP contribution in [-0.2, 0) is 0 Å². The van der Waals surface area contributed by atoms with E-state index in [4.69, 9.17) is 37.7 Å². The van der Waals surface area contributed by atoms with Gasteiger partial charge in [0.05, 0.1) is 18.7 Å². The Morgan fingerprint density at radius 2 is 1.70 bits per heavy atom. The molecule has 0 atom stereocenters. The molecule has 0 fully saturated rings. The smallest absolute Gasteiger partial charge is 0.204 e. The number of hydrogen-bond acceptors (Lipinski definition) is 4. The highest BCUT2D eigenvalue weighted by Gasteiger charge is 2.17. The van der Waals surface area contributed by atoms with Gasteiger partial charge in [-0.3, -0.25) is 0 Å². The lowest BCUT2D eigenvalue weighted by Crippen LogP contribution is -1.94. The minimum Gasteiger partial charge on any atom is -0.493 e. The predicted molar refractivity (Wildman–Crippen MR) is 95.3 cm³/mol. The van der Waals surface area contributed by atoms with E-state index in [1.54, 1.807) is 14.2 Å². The van der Waals surface area contributed by atoms with E-state index in [1.165, 1.54) is 0 Å². The normalized spacial score (nSPS) is 10.8. The van der Waals surface area contributed by atoms with Crippen molar-refractivity contribution in [1.29, 1.82) is 0 Å². The number of rotatable bonds is 3. The largest absolute Gasteiger partial charge is 0.493 e. The van der Waals surface area contributed by atoms with Crippen LogP contribution in [0.4, 0.5) is 0 Å². The van der Waals surface area contributed by atoms with Gasteiger partial charge in [-0.1, -0.05) is 36.0 Å². The molecule has 2 aromatic carbocycles. The summed E-state index contributed by atoms with van der Waals surface area (Å²) < 4.78 is 17.5. The van der Waals surface area contributed by atoms with Crippen LogP contribution >= 0.6 is 23.8 Å². The zero-order valence-electron chi connectivity index (χ0n) is 13.0. The van der Waals surface area contributed by atoms with Gasteiger partial charge in [-0.15, -0.1) is 0 Å². The molecule has 3 rings (SSSR count). The molecule has 5 heteroatoms. The first-order valence-corrected chi connectivity index (χ1v) is 7.79. The molecule has 0 aliphatic heterocycles. The van der Waals surface area contributed by atoms with Gasteiger partial charge >= 0.3 is 0 Å². The third kappa shape index (κ3) is 2.69. The van der Waals surface area contributed by atoms with Gasteiger partial charge in [0.1, 0.15) is 5.76 Å². The van der Waals surface area contributed by atoms with Gasteiger partial charge < -0.3 is 13.9 Å². The first kappa shape index (κ1) is 15.8. The molecular formula is C18H15ClO3S. The first-order valence-electron chi connectivity index (χ1n) is 7.01. The molecule has 0 saturated heterocycles. The van der Waals surface area contributed by atoms with Gasteiger partial charge in [-0.05, 0) is 36.8 Å². The SMILES string of the molecule is COc1ccc2c(=S)c(-c3ccc(Cl)cc3)c(C)oc2c1OC. The van der Waals surface area contributed by atoms with Crippen LogP contribution in [0.5, 0.6) is 11.5 Å². The van der Waals surface area contributed by atoms with Crippen molar-refractivity contribution in [2.75, 3.05) is 14.2 Å². The summed E-state index contributed by atoms with van der Waals surface area (Å²) >= 11 is 11.7. The number of fused-ring (bicyclic) bond motifs is 1. The molecule has 0 spiro atoms. The Morgan fingerprint density at radius 3 is 2.30 bits per heavy atom. The van der Waals surface area contributed by atoms with Crippen molar-refractivity contribution in [2.45, 2.75) is 6.92 Å². The van der Waals surface area contributed by atoms with Crippen LogP contribution in [-0.4, -0.2) is 14.2 Å². The maximum atomic E-state index is 6.02. The fourth-order valence-corrected chi connectivity index (χ4v) is 3.18. The van der Waals surface area contributed by atoms with E-state index in [1.807, 2.05) is 43.3 Å². The summed E-state index contributed by atoms with van der Waals surface area (Å²) in [6, 6.07) is 11.3. The maximum absolute atomic E-state index is 6.02. The molecule has 3 nitrogen and oxygen atoms in total. The van der Waals surface area contributed by atoms with Gasteiger partial charge in [0.15, 0.2) is 11.3 Å². The quantitative estimate of drug-likeness (QED) is 0.560. The van der Waals surface area contributed by atoms with E-state index >= 15 is 0 Å². The summed E-state index contributed by atoms with van der Waals surface area (Å²) in [7, 11) is 3.17. The first-order chi connectivity index (χ1) is 11.1. The number of hydrogen-bond donors (Lipinski definition) is 0. The van der Waals surface area contributed by atoms with E-state index in [0.717, 1.165) is 22.3 Å². The summed E-state index contributed by atoms with van der Waals surface area (Å²) in [5, 5.41) is 1.50. The van der Waals surface area contributed by atoms with Crippen molar-refractivity contribution in [2.24, 2.45) is 0 Å². The standard InChI is InChI=1S/C18H15ClO3S/c1-10-15(11-4-6-12(19)7-5-11)18(23)13-8-9-14(20-2)17(21-3)16(13)22-10/h4-9H,1-3H3. The Balaban J connectivity index is 2.35. The fourth-order valence-electron chi connectivity index (χ4n) is 2.63. The summed E-state index contributed by atoms with van der Waals surface area (Å²) in [4.78, 5) is 0. The van der Waals surface area contributed by atoms with Crippen LogP contribution in [0.1, 0.15) is 5.76 Å². The monoisotopic (exact) mass is 346 g/mol. The predicted octanol–water partition coefficient (Wildman–Crippen LogP) is 5.81. The van der Waals surface area contributed by atoms with Crippen LogP contribution in [0.2, 0.25) is 5.02 Å². The van der Waals surface area contributed by atoms with Gasteiger partial charge in [0.2, 0.25) is 5.75 Å². The van der Waals surface area contributed by atoms with Gasteiger partial charge in [-0.25, -0.2) is 0 Å². The maximum Gasteiger partial charge on any atom is 0.204 e. The molecule has 0 aliphatic rings. The fraction of sp³-hybridized carbons (Fsp3) is 0.167. The highest BCUT2D eigenvalue weighted by Crippen LogP contribution is 2.39. The average Bonchev–Trinajstić information content (AvgIpc) is 2.55. The number of methoxy groups -OCH3 is 2. The molecule has 0 unspecified atom stereocenters. The van der Waals surface area contributed by atoms with E-state index in [9.17, 15) is 0 Å².